The van der Waals surface area contributed by atoms with Crippen molar-refractivity contribution >= 4 is 5.57 Å². The molecule has 0 fully saturated rings. The molecule has 0 aromatic heterocycles. The Morgan fingerprint density at radius 3 is 2.27 bits per heavy atom. The van der Waals surface area contributed by atoms with E-state index in [1.807, 2.05) is 0 Å². The largest absolute Gasteiger partial charge is 0.313 e. The van der Waals surface area contributed by atoms with E-state index in [-0.39, 0.29) is 0 Å². The van der Waals surface area contributed by atoms with Gasteiger partial charge in [-0.15, -0.1) is 0 Å². The highest BCUT2D eigenvalue weighted by atomic mass is 14.8. The average Bonchev–Trinajstić information content (AvgIpc) is 2.54. The Kier molecular flexibility index (Phi) is 4.17. The third kappa shape index (κ3) is 2.74. The Balaban J connectivity index is 2.03. The fourth-order valence-electron chi connectivity index (χ4n) is 3.30. The van der Waals surface area contributed by atoms with E-state index in [0.29, 0.717) is 0 Å². The number of aryl methyl sites for hydroxylation is 2. The van der Waals surface area contributed by atoms with Crippen molar-refractivity contribution in [1.82, 2.24) is 5.32 Å². The molecule has 0 saturated carbocycles. The van der Waals surface area contributed by atoms with Crippen molar-refractivity contribution in [2.24, 2.45) is 0 Å². The van der Waals surface area contributed by atoms with Crippen molar-refractivity contribution in [3.8, 4) is 11.1 Å². The SMILES string of the molecule is Cc1cc(C2=CCNCC2)ccc1-c1ccc(C)c(C)c1C. The van der Waals surface area contributed by atoms with Crippen molar-refractivity contribution in [2.45, 2.75) is 34.1 Å². The van der Waals surface area contributed by atoms with Gasteiger partial charge in [0.2, 0.25) is 0 Å². The first-order chi connectivity index (χ1) is 10.6. The molecule has 0 amide bonds. The van der Waals surface area contributed by atoms with E-state index in [4.69, 9.17) is 0 Å². The molecular weight excluding hydrogens is 266 g/mol. The van der Waals surface area contributed by atoms with Crippen LogP contribution in [-0.2, 0) is 0 Å². The molecule has 1 aliphatic rings. The number of hydrogen-bond acceptors (Lipinski definition) is 1. The van der Waals surface area contributed by atoms with Crippen molar-refractivity contribution in [2.75, 3.05) is 13.1 Å². The Labute approximate surface area is 134 Å². The van der Waals surface area contributed by atoms with E-state index in [1.54, 1.807) is 0 Å². The Morgan fingerprint density at radius 1 is 0.818 bits per heavy atom. The molecule has 114 valence electrons. The molecule has 1 heteroatoms. The van der Waals surface area contributed by atoms with Gasteiger partial charge in [-0.25, -0.2) is 0 Å². The second-order valence-electron chi connectivity index (χ2n) is 6.39. The molecule has 1 aliphatic heterocycles. The molecule has 0 saturated heterocycles. The minimum atomic E-state index is 0.992. The summed E-state index contributed by atoms with van der Waals surface area (Å²) in [5.74, 6) is 0. The van der Waals surface area contributed by atoms with E-state index in [1.165, 1.54) is 44.5 Å². The van der Waals surface area contributed by atoms with Crippen LogP contribution in [0.5, 0.6) is 0 Å². The molecule has 2 aromatic rings. The van der Waals surface area contributed by atoms with Crippen molar-refractivity contribution in [1.29, 1.82) is 0 Å². The molecule has 1 heterocycles. The van der Waals surface area contributed by atoms with Crippen LogP contribution in [-0.4, -0.2) is 13.1 Å². The summed E-state index contributed by atoms with van der Waals surface area (Å²) in [5.41, 5.74) is 11.1. The highest BCUT2D eigenvalue weighted by Gasteiger charge is 2.11. The first-order valence-corrected chi connectivity index (χ1v) is 8.16. The standard InChI is InChI=1S/C21H25N/c1-14-5-7-21(17(4)16(14)3)20-8-6-19(13-15(20)2)18-9-11-22-12-10-18/h5-9,13,22H,10-12H2,1-4H3. The molecule has 0 radical (unpaired) electrons. The molecule has 0 bridgehead atoms. The molecule has 2 aromatic carbocycles. The number of rotatable bonds is 2. The summed E-state index contributed by atoms with van der Waals surface area (Å²) in [6.45, 7) is 11.0. The van der Waals surface area contributed by atoms with E-state index >= 15 is 0 Å². The number of hydrogen-bond donors (Lipinski definition) is 1. The van der Waals surface area contributed by atoms with Gasteiger partial charge in [-0.2, -0.15) is 0 Å². The summed E-state index contributed by atoms with van der Waals surface area (Å²) < 4.78 is 0. The lowest BCUT2D eigenvalue weighted by Crippen LogP contribution is -2.20. The molecular formula is C21H25N. The van der Waals surface area contributed by atoms with Gasteiger partial charge in [-0.1, -0.05) is 36.4 Å². The Morgan fingerprint density at radius 2 is 1.59 bits per heavy atom. The van der Waals surface area contributed by atoms with Crippen LogP contribution in [0.3, 0.4) is 0 Å². The molecule has 0 aliphatic carbocycles. The maximum absolute atomic E-state index is 3.38. The van der Waals surface area contributed by atoms with Crippen molar-refractivity contribution < 1.29 is 0 Å². The summed E-state index contributed by atoms with van der Waals surface area (Å²) in [7, 11) is 0. The summed E-state index contributed by atoms with van der Waals surface area (Å²) >= 11 is 0. The highest BCUT2D eigenvalue weighted by Crippen LogP contribution is 2.32. The van der Waals surface area contributed by atoms with E-state index in [2.05, 4.69) is 69.4 Å². The summed E-state index contributed by atoms with van der Waals surface area (Å²) in [6.07, 6.45) is 3.45. The molecule has 0 spiro atoms. The predicted octanol–water partition coefficient (Wildman–Crippen LogP) is 4.96. The zero-order valence-electron chi connectivity index (χ0n) is 14.1. The van der Waals surface area contributed by atoms with Gasteiger partial charge in [-0.3, -0.25) is 0 Å². The van der Waals surface area contributed by atoms with Crippen LogP contribution in [0.25, 0.3) is 16.7 Å². The normalized spacial score (nSPS) is 14.8. The first-order valence-electron chi connectivity index (χ1n) is 8.16. The first kappa shape index (κ1) is 15.1. The lowest BCUT2D eigenvalue weighted by Gasteiger charge is -2.17. The quantitative estimate of drug-likeness (QED) is 0.824. The zero-order chi connectivity index (χ0) is 15.7. The monoisotopic (exact) mass is 291 g/mol. The van der Waals surface area contributed by atoms with Crippen LogP contribution in [0.2, 0.25) is 0 Å². The topological polar surface area (TPSA) is 12.0 Å². The molecule has 3 rings (SSSR count). The smallest absolute Gasteiger partial charge is 0.0140 e. The zero-order valence-corrected chi connectivity index (χ0v) is 14.1. The van der Waals surface area contributed by atoms with Crippen LogP contribution in [0.4, 0.5) is 0 Å². The van der Waals surface area contributed by atoms with Gasteiger partial charge in [0.05, 0.1) is 0 Å². The number of nitrogens with one attached hydrogen (secondary N) is 1. The van der Waals surface area contributed by atoms with E-state index < -0.39 is 0 Å². The average molecular weight is 291 g/mol. The molecule has 22 heavy (non-hydrogen) atoms. The van der Waals surface area contributed by atoms with Crippen molar-refractivity contribution in [3.05, 3.63) is 64.2 Å². The van der Waals surface area contributed by atoms with Crippen molar-refractivity contribution in [3.63, 3.8) is 0 Å². The van der Waals surface area contributed by atoms with Crippen LogP contribution < -0.4 is 5.32 Å². The van der Waals surface area contributed by atoms with Crippen LogP contribution in [0, 0.1) is 27.7 Å². The Bertz CT molecular complexity index is 738. The van der Waals surface area contributed by atoms with Gasteiger partial charge in [0.15, 0.2) is 0 Å². The van der Waals surface area contributed by atoms with Crippen LogP contribution in [0.15, 0.2) is 36.4 Å². The Hall–Kier alpha value is -1.86. The highest BCUT2D eigenvalue weighted by molar-refractivity contribution is 5.76. The molecule has 0 atom stereocenters. The van der Waals surface area contributed by atoms with Gasteiger partial charge >= 0.3 is 0 Å². The second-order valence-corrected chi connectivity index (χ2v) is 6.39. The fraction of sp³-hybridized carbons (Fsp3) is 0.333. The lowest BCUT2D eigenvalue weighted by molar-refractivity contribution is 0.738. The van der Waals surface area contributed by atoms with Gasteiger partial charge < -0.3 is 5.32 Å². The maximum atomic E-state index is 3.38. The fourth-order valence-corrected chi connectivity index (χ4v) is 3.30. The lowest BCUT2D eigenvalue weighted by atomic mass is 9.89. The molecule has 1 nitrogen and oxygen atoms in total. The van der Waals surface area contributed by atoms with Gasteiger partial charge in [0.25, 0.3) is 0 Å². The van der Waals surface area contributed by atoms with E-state index in [0.717, 1.165) is 19.5 Å². The molecule has 0 unspecified atom stereocenters. The van der Waals surface area contributed by atoms with Gasteiger partial charge in [-0.05, 0) is 85.2 Å². The minimum absolute atomic E-state index is 0.992. The number of benzene rings is 2. The predicted molar refractivity (Wildman–Crippen MR) is 96.3 cm³/mol. The molecule has 1 N–H and O–H groups in total. The maximum Gasteiger partial charge on any atom is 0.0140 e. The summed E-state index contributed by atoms with van der Waals surface area (Å²) in [5, 5.41) is 3.38. The van der Waals surface area contributed by atoms with E-state index in [9.17, 15) is 0 Å². The summed E-state index contributed by atoms with van der Waals surface area (Å²) in [4.78, 5) is 0. The summed E-state index contributed by atoms with van der Waals surface area (Å²) in [6, 6.07) is 11.4. The van der Waals surface area contributed by atoms with Gasteiger partial charge in [0.1, 0.15) is 0 Å². The van der Waals surface area contributed by atoms with Gasteiger partial charge in [0, 0.05) is 6.54 Å². The van der Waals surface area contributed by atoms with Crippen LogP contribution in [0.1, 0.15) is 34.2 Å². The minimum Gasteiger partial charge on any atom is -0.313 e. The second kappa shape index (κ2) is 6.10. The third-order valence-electron chi connectivity index (χ3n) is 5.01. The van der Waals surface area contributed by atoms with Crippen LogP contribution >= 0.6 is 0 Å². The third-order valence-corrected chi connectivity index (χ3v) is 5.01.